The predicted molar refractivity (Wildman–Crippen MR) is 77.9 cm³/mol. The Morgan fingerprint density at radius 3 is 2.80 bits per heavy atom. The van der Waals surface area contributed by atoms with Gasteiger partial charge in [0, 0.05) is 25.5 Å². The van der Waals surface area contributed by atoms with E-state index in [1.54, 1.807) is 0 Å². The molecule has 5 heteroatoms. The molecule has 0 aromatic carbocycles. The normalized spacial score (nSPS) is 30.1. The molecule has 2 aliphatic rings. The van der Waals surface area contributed by atoms with Crippen molar-refractivity contribution in [3.8, 4) is 0 Å². The molecule has 4 nitrogen and oxygen atoms in total. The lowest BCUT2D eigenvalue weighted by atomic mass is 9.76. The third kappa shape index (κ3) is 2.28. The fourth-order valence-corrected chi connectivity index (χ4v) is 3.86. The summed E-state index contributed by atoms with van der Waals surface area (Å²) in [5.74, 6) is 0.627. The number of hydrogen-bond donors (Lipinski definition) is 1. The second-order valence-electron chi connectivity index (χ2n) is 6.26. The molecule has 1 aliphatic carbocycles. The van der Waals surface area contributed by atoms with Gasteiger partial charge in [0.25, 0.3) is 0 Å². The first kappa shape index (κ1) is 14.4. The van der Waals surface area contributed by atoms with Crippen LogP contribution in [0.1, 0.15) is 37.6 Å². The van der Waals surface area contributed by atoms with E-state index in [1.165, 1.54) is 12.8 Å². The smallest absolute Gasteiger partial charge is 0.0849 e. The Labute approximate surface area is 125 Å². The van der Waals surface area contributed by atoms with E-state index in [9.17, 15) is 5.11 Å². The number of hydrogen-bond acceptors (Lipinski definition) is 3. The fraction of sp³-hybridized carbons (Fsp3) is 0.800. The minimum atomic E-state index is -0.177. The molecule has 1 saturated carbocycles. The summed E-state index contributed by atoms with van der Waals surface area (Å²) in [6.45, 7) is 2.97. The number of aromatic nitrogens is 2. The maximum absolute atomic E-state index is 10.0. The average Bonchev–Trinajstić information content (AvgIpc) is 3.16. The van der Waals surface area contributed by atoms with Gasteiger partial charge in [-0.05, 0) is 31.6 Å². The summed E-state index contributed by atoms with van der Waals surface area (Å²) in [6.07, 6.45) is 5.14. The number of aryl methyl sites for hydroxylation is 2. The first-order valence-corrected chi connectivity index (χ1v) is 7.92. The highest BCUT2D eigenvalue weighted by Gasteiger charge is 2.51. The zero-order chi connectivity index (χ0) is 14.3. The number of halogens is 1. The Morgan fingerprint density at radius 2 is 2.25 bits per heavy atom. The monoisotopic (exact) mass is 298 g/mol. The van der Waals surface area contributed by atoms with Crippen LogP contribution in [0.3, 0.4) is 0 Å². The van der Waals surface area contributed by atoms with Crippen LogP contribution in [0.2, 0.25) is 5.02 Å². The van der Waals surface area contributed by atoms with Gasteiger partial charge in [-0.25, -0.2) is 0 Å². The van der Waals surface area contributed by atoms with Crippen LogP contribution in [0.4, 0.5) is 0 Å². The summed E-state index contributed by atoms with van der Waals surface area (Å²) in [5, 5.41) is 15.3. The zero-order valence-corrected chi connectivity index (χ0v) is 13.0. The number of ether oxygens (including phenoxy) is 1. The topological polar surface area (TPSA) is 47.3 Å². The van der Waals surface area contributed by atoms with Crippen LogP contribution in [-0.4, -0.2) is 34.2 Å². The molecule has 1 N–H and O–H groups in total. The summed E-state index contributed by atoms with van der Waals surface area (Å²) < 4.78 is 7.81. The number of rotatable bonds is 5. The summed E-state index contributed by atoms with van der Waals surface area (Å²) in [5.41, 5.74) is 1.80. The lowest BCUT2D eigenvalue weighted by molar-refractivity contribution is -0.000291. The van der Waals surface area contributed by atoms with Crippen molar-refractivity contribution in [2.24, 2.45) is 18.4 Å². The summed E-state index contributed by atoms with van der Waals surface area (Å²) in [4.78, 5) is 0. The highest BCUT2D eigenvalue weighted by Crippen LogP contribution is 2.49. The lowest BCUT2D eigenvalue weighted by Gasteiger charge is -2.32. The molecule has 2 heterocycles. The van der Waals surface area contributed by atoms with Gasteiger partial charge in [-0.3, -0.25) is 4.68 Å². The molecule has 0 amide bonds. The zero-order valence-electron chi connectivity index (χ0n) is 12.2. The van der Waals surface area contributed by atoms with Crippen LogP contribution < -0.4 is 0 Å². The Hall–Kier alpha value is -0.580. The molecule has 2 fully saturated rings. The van der Waals surface area contributed by atoms with Crippen LogP contribution in [-0.2, 0) is 24.6 Å². The van der Waals surface area contributed by atoms with Crippen molar-refractivity contribution in [2.75, 3.05) is 13.2 Å². The quantitative estimate of drug-likeness (QED) is 0.908. The maximum Gasteiger partial charge on any atom is 0.0849 e. The molecule has 3 rings (SSSR count). The van der Waals surface area contributed by atoms with Crippen LogP contribution in [0, 0.1) is 11.3 Å². The summed E-state index contributed by atoms with van der Waals surface area (Å²) >= 11 is 6.46. The van der Waals surface area contributed by atoms with Crippen molar-refractivity contribution in [1.82, 2.24) is 9.78 Å². The first-order valence-electron chi connectivity index (χ1n) is 7.54. The van der Waals surface area contributed by atoms with Gasteiger partial charge >= 0.3 is 0 Å². The second kappa shape index (κ2) is 5.32. The molecule has 0 spiro atoms. The lowest BCUT2D eigenvalue weighted by Crippen LogP contribution is -2.39. The largest absolute Gasteiger partial charge is 0.396 e. The summed E-state index contributed by atoms with van der Waals surface area (Å²) in [7, 11) is 1.94. The van der Waals surface area contributed by atoms with Gasteiger partial charge in [0.1, 0.15) is 0 Å². The van der Waals surface area contributed by atoms with Crippen LogP contribution in [0.5, 0.6) is 0 Å². The second-order valence-corrected chi connectivity index (χ2v) is 6.64. The van der Waals surface area contributed by atoms with Gasteiger partial charge in [-0.1, -0.05) is 18.5 Å². The van der Waals surface area contributed by atoms with Crippen molar-refractivity contribution in [3.05, 3.63) is 16.4 Å². The molecule has 0 radical (unpaired) electrons. The number of aliphatic hydroxyl groups is 1. The number of aliphatic hydroxyl groups excluding tert-OH is 1. The molecular weight excluding hydrogens is 276 g/mol. The summed E-state index contributed by atoms with van der Waals surface area (Å²) in [6, 6.07) is 0. The van der Waals surface area contributed by atoms with Gasteiger partial charge in [0.15, 0.2) is 0 Å². The molecule has 1 saturated heterocycles. The van der Waals surface area contributed by atoms with Gasteiger partial charge in [-0.15, -0.1) is 0 Å². The number of nitrogens with zero attached hydrogens (tertiary/aromatic N) is 2. The minimum absolute atomic E-state index is 0.164. The van der Waals surface area contributed by atoms with E-state index in [1.807, 2.05) is 11.7 Å². The van der Waals surface area contributed by atoms with Gasteiger partial charge in [0.2, 0.25) is 0 Å². The maximum atomic E-state index is 10.0. The molecular formula is C15H23ClN2O2. The van der Waals surface area contributed by atoms with Crippen molar-refractivity contribution in [1.29, 1.82) is 0 Å². The Kier molecular flexibility index (Phi) is 3.82. The SMILES string of the molecule is CCc1nn(C)c(CC2(CO)CCOC2C2CC2)c1Cl. The van der Waals surface area contributed by atoms with Crippen molar-refractivity contribution in [3.63, 3.8) is 0 Å². The Morgan fingerprint density at radius 1 is 1.50 bits per heavy atom. The van der Waals surface area contributed by atoms with E-state index < -0.39 is 0 Å². The third-order valence-corrected chi connectivity index (χ3v) is 5.32. The first-order chi connectivity index (χ1) is 9.61. The molecule has 2 unspecified atom stereocenters. The van der Waals surface area contributed by atoms with Gasteiger partial charge < -0.3 is 9.84 Å². The molecule has 112 valence electrons. The van der Waals surface area contributed by atoms with Gasteiger partial charge in [-0.2, -0.15) is 5.10 Å². The molecule has 2 atom stereocenters. The molecule has 1 aromatic rings. The van der Waals surface area contributed by atoms with Crippen LogP contribution in [0.25, 0.3) is 0 Å². The standard InChI is InChI=1S/C15H23ClN2O2/c1-3-11-13(16)12(18(2)17-11)8-15(9-19)6-7-20-14(15)10-4-5-10/h10,14,19H,3-9H2,1-2H3. The van der Waals surface area contributed by atoms with Crippen molar-refractivity contribution in [2.45, 2.75) is 45.1 Å². The van der Waals surface area contributed by atoms with Gasteiger partial charge in [0.05, 0.1) is 29.1 Å². The highest BCUT2D eigenvalue weighted by atomic mass is 35.5. The third-order valence-electron chi connectivity index (χ3n) is 4.89. The molecule has 1 aliphatic heterocycles. The van der Waals surface area contributed by atoms with E-state index in [4.69, 9.17) is 16.3 Å². The van der Waals surface area contributed by atoms with Crippen molar-refractivity contribution < 1.29 is 9.84 Å². The average molecular weight is 299 g/mol. The van der Waals surface area contributed by atoms with Crippen molar-refractivity contribution >= 4 is 11.6 Å². The fourth-order valence-electron chi connectivity index (χ4n) is 3.50. The minimum Gasteiger partial charge on any atom is -0.396 e. The highest BCUT2D eigenvalue weighted by molar-refractivity contribution is 6.31. The van der Waals surface area contributed by atoms with E-state index in [0.29, 0.717) is 5.92 Å². The predicted octanol–water partition coefficient (Wildman–Crippen LogP) is 2.36. The molecule has 1 aromatic heterocycles. The molecule has 20 heavy (non-hydrogen) atoms. The Bertz CT molecular complexity index is 498. The van der Waals surface area contributed by atoms with Crippen LogP contribution in [0.15, 0.2) is 0 Å². The Balaban J connectivity index is 1.89. The van der Waals surface area contributed by atoms with E-state index in [-0.39, 0.29) is 18.1 Å². The van der Waals surface area contributed by atoms with Crippen LogP contribution >= 0.6 is 11.6 Å². The van der Waals surface area contributed by atoms with E-state index in [2.05, 4.69) is 12.0 Å². The van der Waals surface area contributed by atoms with E-state index >= 15 is 0 Å². The van der Waals surface area contributed by atoms with E-state index in [0.717, 1.165) is 42.3 Å². The molecule has 0 bridgehead atoms.